The van der Waals surface area contributed by atoms with Crippen molar-refractivity contribution in [2.75, 3.05) is 13.7 Å². The minimum absolute atomic E-state index is 0.162. The average molecular weight is 283 g/mol. The first kappa shape index (κ1) is 16.7. The molecule has 0 aliphatic carbocycles. The van der Waals surface area contributed by atoms with E-state index in [-0.39, 0.29) is 11.5 Å². The summed E-state index contributed by atoms with van der Waals surface area (Å²) >= 11 is 1.85. The summed E-state index contributed by atoms with van der Waals surface area (Å²) in [7, 11) is 1.84. The summed E-state index contributed by atoms with van der Waals surface area (Å²) in [5, 5.41) is 5.82. The van der Waals surface area contributed by atoms with Gasteiger partial charge in [-0.3, -0.25) is 0 Å². The van der Waals surface area contributed by atoms with Crippen molar-refractivity contribution in [3.8, 4) is 0 Å². The van der Waals surface area contributed by atoms with E-state index in [0.717, 1.165) is 25.8 Å². The van der Waals surface area contributed by atoms with Crippen molar-refractivity contribution in [3.05, 3.63) is 22.4 Å². The van der Waals surface area contributed by atoms with Crippen LogP contribution in [-0.2, 0) is 11.2 Å². The van der Waals surface area contributed by atoms with E-state index in [1.165, 1.54) is 4.88 Å². The summed E-state index contributed by atoms with van der Waals surface area (Å²) in [6.45, 7) is 10.0. The predicted octanol–water partition coefficient (Wildman–Crippen LogP) is 4.11. The van der Waals surface area contributed by atoms with Crippen molar-refractivity contribution in [1.29, 1.82) is 0 Å². The molecule has 0 radical (unpaired) electrons. The lowest BCUT2D eigenvalue weighted by atomic mass is 9.83. The lowest BCUT2D eigenvalue weighted by molar-refractivity contribution is -0.0129. The Labute approximate surface area is 122 Å². The molecule has 3 heteroatoms. The highest BCUT2D eigenvalue weighted by molar-refractivity contribution is 7.09. The summed E-state index contributed by atoms with van der Waals surface area (Å²) < 4.78 is 5.78. The van der Waals surface area contributed by atoms with Crippen molar-refractivity contribution >= 4 is 11.3 Å². The lowest BCUT2D eigenvalue weighted by Gasteiger charge is -2.36. The van der Waals surface area contributed by atoms with Crippen LogP contribution in [0.2, 0.25) is 0 Å². The first-order valence-electron chi connectivity index (χ1n) is 7.27. The van der Waals surface area contributed by atoms with Crippen LogP contribution in [0, 0.1) is 5.41 Å². The number of hydrogen-bond acceptors (Lipinski definition) is 3. The molecule has 0 bridgehead atoms. The Morgan fingerprint density at radius 2 is 2.11 bits per heavy atom. The molecular formula is C16H29NOS. The molecule has 1 aromatic heterocycles. The Kier molecular flexibility index (Phi) is 7.05. The zero-order valence-corrected chi connectivity index (χ0v) is 13.8. The summed E-state index contributed by atoms with van der Waals surface area (Å²) in [6.07, 6.45) is 3.68. The number of rotatable bonds is 8. The third kappa shape index (κ3) is 5.64. The lowest BCUT2D eigenvalue weighted by Crippen LogP contribution is -2.48. The Balaban J connectivity index is 2.63. The minimum atomic E-state index is 0.162. The smallest absolute Gasteiger partial charge is 0.0772 e. The van der Waals surface area contributed by atoms with Gasteiger partial charge in [-0.05, 0) is 42.7 Å². The van der Waals surface area contributed by atoms with E-state index >= 15 is 0 Å². The van der Waals surface area contributed by atoms with E-state index in [4.69, 9.17) is 4.74 Å². The molecule has 0 saturated carbocycles. The summed E-state index contributed by atoms with van der Waals surface area (Å²) in [5.41, 5.74) is 0.162. The van der Waals surface area contributed by atoms with Gasteiger partial charge in [0.1, 0.15) is 0 Å². The molecule has 110 valence electrons. The van der Waals surface area contributed by atoms with E-state index in [2.05, 4.69) is 50.5 Å². The van der Waals surface area contributed by atoms with Gasteiger partial charge < -0.3 is 10.1 Å². The third-order valence-corrected chi connectivity index (χ3v) is 4.35. The molecule has 2 unspecified atom stereocenters. The van der Waals surface area contributed by atoms with Crippen molar-refractivity contribution < 1.29 is 4.74 Å². The van der Waals surface area contributed by atoms with Gasteiger partial charge in [-0.2, -0.15) is 0 Å². The van der Waals surface area contributed by atoms with Gasteiger partial charge in [-0.25, -0.2) is 0 Å². The highest BCUT2D eigenvalue weighted by Crippen LogP contribution is 2.27. The van der Waals surface area contributed by atoms with Crippen LogP contribution in [-0.4, -0.2) is 25.8 Å². The zero-order valence-electron chi connectivity index (χ0n) is 13.0. The first-order valence-corrected chi connectivity index (χ1v) is 8.15. The van der Waals surface area contributed by atoms with Gasteiger partial charge >= 0.3 is 0 Å². The summed E-state index contributed by atoms with van der Waals surface area (Å²) in [4.78, 5) is 1.46. The van der Waals surface area contributed by atoms with Crippen LogP contribution >= 0.6 is 11.3 Å². The van der Waals surface area contributed by atoms with Gasteiger partial charge in [0, 0.05) is 18.0 Å². The molecule has 0 spiro atoms. The number of nitrogens with one attached hydrogen (secondary N) is 1. The first-order chi connectivity index (χ1) is 8.99. The molecule has 19 heavy (non-hydrogen) atoms. The molecule has 0 aromatic carbocycles. The molecule has 1 N–H and O–H groups in total. The van der Waals surface area contributed by atoms with Gasteiger partial charge in [0.2, 0.25) is 0 Å². The third-order valence-electron chi connectivity index (χ3n) is 3.41. The Bertz CT molecular complexity index is 329. The van der Waals surface area contributed by atoms with E-state index in [0.29, 0.717) is 6.04 Å². The Hall–Kier alpha value is -0.380. The highest BCUT2D eigenvalue weighted by atomic mass is 32.1. The molecule has 0 aliphatic heterocycles. The molecule has 1 rings (SSSR count). The molecule has 0 fully saturated rings. The van der Waals surface area contributed by atoms with E-state index in [1.807, 2.05) is 18.4 Å². The van der Waals surface area contributed by atoms with Crippen LogP contribution in [0.4, 0.5) is 0 Å². The standard InChI is InChI=1S/C16H29NOS/c1-6-11-17-14(15(18-5)16(2,3)4)10-9-13-8-7-12-19-13/h7-8,12,14-15,17H,6,9-11H2,1-5H3. The molecule has 0 saturated heterocycles. The van der Waals surface area contributed by atoms with Crippen LogP contribution in [0.15, 0.2) is 17.5 Å². The molecule has 1 aromatic rings. The summed E-state index contributed by atoms with van der Waals surface area (Å²) in [6, 6.07) is 4.78. The monoisotopic (exact) mass is 283 g/mol. The minimum Gasteiger partial charge on any atom is -0.379 e. The van der Waals surface area contributed by atoms with Crippen molar-refractivity contribution in [3.63, 3.8) is 0 Å². The molecular weight excluding hydrogens is 254 g/mol. The van der Waals surface area contributed by atoms with Crippen molar-refractivity contribution in [1.82, 2.24) is 5.32 Å². The van der Waals surface area contributed by atoms with Crippen LogP contribution in [0.1, 0.15) is 45.4 Å². The van der Waals surface area contributed by atoms with Gasteiger partial charge in [0.15, 0.2) is 0 Å². The topological polar surface area (TPSA) is 21.3 Å². The molecule has 1 heterocycles. The number of hydrogen-bond donors (Lipinski definition) is 1. The summed E-state index contributed by atoms with van der Waals surface area (Å²) in [5.74, 6) is 0. The van der Waals surface area contributed by atoms with Gasteiger partial charge in [-0.15, -0.1) is 11.3 Å². The van der Waals surface area contributed by atoms with Gasteiger partial charge in [-0.1, -0.05) is 33.8 Å². The van der Waals surface area contributed by atoms with Gasteiger partial charge in [0.25, 0.3) is 0 Å². The molecule has 0 amide bonds. The van der Waals surface area contributed by atoms with Crippen LogP contribution in [0.5, 0.6) is 0 Å². The van der Waals surface area contributed by atoms with Crippen LogP contribution in [0.3, 0.4) is 0 Å². The second-order valence-corrected chi connectivity index (χ2v) is 7.23. The fraction of sp³-hybridized carbons (Fsp3) is 0.750. The second-order valence-electron chi connectivity index (χ2n) is 6.20. The molecule has 2 nitrogen and oxygen atoms in total. The van der Waals surface area contributed by atoms with Crippen molar-refractivity contribution in [2.45, 2.75) is 59.1 Å². The Morgan fingerprint density at radius 1 is 1.37 bits per heavy atom. The maximum atomic E-state index is 5.78. The van der Waals surface area contributed by atoms with E-state index < -0.39 is 0 Å². The largest absolute Gasteiger partial charge is 0.379 e. The van der Waals surface area contributed by atoms with E-state index in [9.17, 15) is 0 Å². The van der Waals surface area contributed by atoms with Crippen LogP contribution < -0.4 is 5.32 Å². The maximum absolute atomic E-state index is 5.78. The second kappa shape index (κ2) is 8.03. The number of aryl methyl sites for hydroxylation is 1. The highest BCUT2D eigenvalue weighted by Gasteiger charge is 2.31. The predicted molar refractivity (Wildman–Crippen MR) is 85.0 cm³/mol. The molecule has 0 aliphatic rings. The zero-order chi connectivity index (χ0) is 14.3. The number of thiophene rings is 1. The molecule has 2 atom stereocenters. The number of methoxy groups -OCH3 is 1. The van der Waals surface area contributed by atoms with E-state index in [1.54, 1.807) is 0 Å². The Morgan fingerprint density at radius 3 is 2.58 bits per heavy atom. The number of ether oxygens (including phenoxy) is 1. The van der Waals surface area contributed by atoms with Gasteiger partial charge in [0.05, 0.1) is 6.10 Å². The SMILES string of the molecule is CCCNC(CCc1cccs1)C(OC)C(C)(C)C. The quantitative estimate of drug-likeness (QED) is 0.775. The van der Waals surface area contributed by atoms with Crippen molar-refractivity contribution in [2.24, 2.45) is 5.41 Å². The maximum Gasteiger partial charge on any atom is 0.0772 e. The fourth-order valence-electron chi connectivity index (χ4n) is 2.56. The average Bonchev–Trinajstić information content (AvgIpc) is 2.84. The van der Waals surface area contributed by atoms with Crippen LogP contribution in [0.25, 0.3) is 0 Å². The normalized spacial score (nSPS) is 15.4. The fourth-order valence-corrected chi connectivity index (χ4v) is 3.29.